The molecule has 3 aromatic rings. The van der Waals surface area contributed by atoms with Crippen LogP contribution >= 0.6 is 0 Å². The van der Waals surface area contributed by atoms with Crippen LogP contribution in [0.25, 0.3) is 11.4 Å². The minimum Gasteiger partial charge on any atom is -0.361 e. The number of fused-ring (bicyclic) bond motifs is 1. The Kier molecular flexibility index (Phi) is 3.63. The predicted molar refractivity (Wildman–Crippen MR) is 86.5 cm³/mol. The molecule has 0 fully saturated rings. The van der Waals surface area contributed by atoms with Gasteiger partial charge in [-0.2, -0.15) is 0 Å². The zero-order chi connectivity index (χ0) is 15.6. The molecular weight excluding hydrogens is 288 g/mol. The van der Waals surface area contributed by atoms with Crippen LogP contribution in [0.2, 0.25) is 0 Å². The van der Waals surface area contributed by atoms with Gasteiger partial charge < -0.3 is 4.52 Å². The lowest BCUT2D eigenvalue weighted by Crippen LogP contribution is -2.31. The van der Waals surface area contributed by atoms with Crippen molar-refractivity contribution in [1.82, 2.24) is 20.0 Å². The summed E-state index contributed by atoms with van der Waals surface area (Å²) in [5.74, 6) is 1.66. The van der Waals surface area contributed by atoms with Crippen molar-refractivity contribution in [1.29, 1.82) is 0 Å². The van der Waals surface area contributed by atoms with Gasteiger partial charge in [0.15, 0.2) is 5.82 Å². The molecule has 0 radical (unpaired) electrons. The van der Waals surface area contributed by atoms with Gasteiger partial charge in [0, 0.05) is 49.4 Å². The maximum atomic E-state index is 5.14. The second kappa shape index (κ2) is 5.93. The summed E-state index contributed by atoms with van der Waals surface area (Å²) < 4.78 is 5.14. The van der Waals surface area contributed by atoms with Crippen LogP contribution < -0.4 is 0 Å². The van der Waals surface area contributed by atoms with E-state index in [0.717, 1.165) is 54.6 Å². The Bertz CT molecular complexity index is 813. The van der Waals surface area contributed by atoms with Crippen molar-refractivity contribution in [2.75, 3.05) is 6.54 Å². The fraction of sp³-hybridized carbons (Fsp3) is 0.278. The SMILES string of the molecule is Cc1cc(CN2CCc3nc(-c4ccccc4)ncc3C2)no1. The molecule has 23 heavy (non-hydrogen) atoms. The lowest BCUT2D eigenvalue weighted by molar-refractivity contribution is 0.235. The molecule has 0 spiro atoms. The molecule has 116 valence electrons. The number of hydrogen-bond acceptors (Lipinski definition) is 5. The Morgan fingerprint density at radius 3 is 2.87 bits per heavy atom. The molecule has 5 nitrogen and oxygen atoms in total. The first kappa shape index (κ1) is 14.1. The Morgan fingerprint density at radius 1 is 1.22 bits per heavy atom. The number of rotatable bonds is 3. The molecule has 1 aliphatic heterocycles. The summed E-state index contributed by atoms with van der Waals surface area (Å²) >= 11 is 0. The summed E-state index contributed by atoms with van der Waals surface area (Å²) in [5, 5.41) is 4.07. The molecule has 1 aliphatic rings. The highest BCUT2D eigenvalue weighted by molar-refractivity contribution is 5.54. The van der Waals surface area contributed by atoms with Gasteiger partial charge in [-0.25, -0.2) is 9.97 Å². The Hall–Kier alpha value is -2.53. The number of benzene rings is 1. The first-order valence-electron chi connectivity index (χ1n) is 7.83. The van der Waals surface area contributed by atoms with Gasteiger partial charge in [-0.15, -0.1) is 0 Å². The molecule has 0 N–H and O–H groups in total. The second-order valence-electron chi connectivity index (χ2n) is 5.92. The third-order valence-corrected chi connectivity index (χ3v) is 4.11. The Balaban J connectivity index is 1.52. The van der Waals surface area contributed by atoms with E-state index in [4.69, 9.17) is 9.51 Å². The van der Waals surface area contributed by atoms with Crippen molar-refractivity contribution in [2.24, 2.45) is 0 Å². The van der Waals surface area contributed by atoms with Gasteiger partial charge in [-0.3, -0.25) is 4.90 Å². The van der Waals surface area contributed by atoms with Crippen LogP contribution in [0, 0.1) is 6.92 Å². The molecule has 3 heterocycles. The largest absolute Gasteiger partial charge is 0.361 e. The van der Waals surface area contributed by atoms with E-state index in [0.29, 0.717) is 0 Å². The minimum atomic E-state index is 0.803. The van der Waals surface area contributed by atoms with Crippen LogP contribution in [0.3, 0.4) is 0 Å². The molecule has 0 saturated carbocycles. The van der Waals surface area contributed by atoms with Gasteiger partial charge in [-0.1, -0.05) is 35.5 Å². The normalized spacial score (nSPS) is 14.7. The lowest BCUT2D eigenvalue weighted by Gasteiger charge is -2.27. The predicted octanol–water partition coefficient (Wildman–Crippen LogP) is 3.00. The Labute approximate surface area is 135 Å². The quantitative estimate of drug-likeness (QED) is 0.744. The minimum absolute atomic E-state index is 0.803. The van der Waals surface area contributed by atoms with Crippen LogP contribution in [0.4, 0.5) is 0 Å². The molecule has 0 aliphatic carbocycles. The van der Waals surface area contributed by atoms with E-state index in [9.17, 15) is 0 Å². The zero-order valence-electron chi connectivity index (χ0n) is 13.1. The van der Waals surface area contributed by atoms with Crippen LogP contribution in [-0.4, -0.2) is 26.6 Å². The van der Waals surface area contributed by atoms with Crippen LogP contribution in [0.15, 0.2) is 47.1 Å². The summed E-state index contributed by atoms with van der Waals surface area (Å²) in [4.78, 5) is 11.6. The highest BCUT2D eigenvalue weighted by atomic mass is 16.5. The molecule has 0 saturated heterocycles. The van der Waals surface area contributed by atoms with Gasteiger partial charge in [-0.05, 0) is 6.92 Å². The topological polar surface area (TPSA) is 55.1 Å². The molecular formula is C18H18N4O. The summed E-state index contributed by atoms with van der Waals surface area (Å²) in [6, 6.07) is 12.1. The molecule has 4 rings (SSSR count). The molecule has 2 aromatic heterocycles. The zero-order valence-corrected chi connectivity index (χ0v) is 13.1. The third kappa shape index (κ3) is 3.00. The van der Waals surface area contributed by atoms with Crippen molar-refractivity contribution in [2.45, 2.75) is 26.4 Å². The fourth-order valence-electron chi connectivity index (χ4n) is 2.96. The number of aromatic nitrogens is 3. The van der Waals surface area contributed by atoms with E-state index in [1.165, 1.54) is 5.56 Å². The first-order valence-corrected chi connectivity index (χ1v) is 7.83. The third-order valence-electron chi connectivity index (χ3n) is 4.11. The number of nitrogens with zero attached hydrogens (tertiary/aromatic N) is 4. The summed E-state index contributed by atoms with van der Waals surface area (Å²) in [5.41, 5.74) is 4.41. The average molecular weight is 306 g/mol. The molecule has 0 bridgehead atoms. The van der Waals surface area contributed by atoms with Crippen molar-refractivity contribution in [3.8, 4) is 11.4 Å². The van der Waals surface area contributed by atoms with Crippen molar-refractivity contribution in [3.05, 3.63) is 65.3 Å². The van der Waals surface area contributed by atoms with Crippen LogP contribution in [0.5, 0.6) is 0 Å². The molecule has 5 heteroatoms. The summed E-state index contributed by atoms with van der Waals surface area (Å²) in [6.07, 6.45) is 2.90. The van der Waals surface area contributed by atoms with Gasteiger partial charge >= 0.3 is 0 Å². The van der Waals surface area contributed by atoms with Crippen molar-refractivity contribution < 1.29 is 4.52 Å². The second-order valence-corrected chi connectivity index (χ2v) is 5.92. The van der Waals surface area contributed by atoms with E-state index in [-0.39, 0.29) is 0 Å². The average Bonchev–Trinajstić information content (AvgIpc) is 3.00. The first-order chi connectivity index (χ1) is 11.3. The van der Waals surface area contributed by atoms with Gasteiger partial charge in [0.2, 0.25) is 0 Å². The van der Waals surface area contributed by atoms with E-state index < -0.39 is 0 Å². The van der Waals surface area contributed by atoms with Crippen molar-refractivity contribution >= 4 is 0 Å². The summed E-state index contributed by atoms with van der Waals surface area (Å²) in [7, 11) is 0. The summed E-state index contributed by atoms with van der Waals surface area (Å²) in [6.45, 7) is 4.55. The van der Waals surface area contributed by atoms with Gasteiger partial charge in [0.25, 0.3) is 0 Å². The van der Waals surface area contributed by atoms with Crippen molar-refractivity contribution in [3.63, 3.8) is 0 Å². The van der Waals surface area contributed by atoms with Gasteiger partial charge in [0.05, 0.1) is 11.4 Å². The van der Waals surface area contributed by atoms with E-state index >= 15 is 0 Å². The standard InChI is InChI=1S/C18H18N4O/c1-13-9-16(21-23-13)12-22-8-7-17-15(11-22)10-19-18(20-17)14-5-3-2-4-6-14/h2-6,9-10H,7-8,11-12H2,1H3. The maximum absolute atomic E-state index is 5.14. The Morgan fingerprint density at radius 2 is 2.09 bits per heavy atom. The lowest BCUT2D eigenvalue weighted by atomic mass is 10.1. The smallest absolute Gasteiger partial charge is 0.159 e. The molecule has 0 amide bonds. The van der Waals surface area contributed by atoms with Gasteiger partial charge in [0.1, 0.15) is 5.76 Å². The highest BCUT2D eigenvalue weighted by Crippen LogP contribution is 2.21. The van der Waals surface area contributed by atoms with Crippen LogP contribution in [-0.2, 0) is 19.5 Å². The molecule has 0 unspecified atom stereocenters. The van der Waals surface area contributed by atoms with E-state index in [1.54, 1.807) is 0 Å². The maximum Gasteiger partial charge on any atom is 0.159 e. The molecule has 1 aromatic carbocycles. The van der Waals surface area contributed by atoms with E-state index in [1.807, 2.05) is 49.5 Å². The number of hydrogen-bond donors (Lipinski definition) is 0. The fourth-order valence-corrected chi connectivity index (χ4v) is 2.96. The monoisotopic (exact) mass is 306 g/mol. The highest BCUT2D eigenvalue weighted by Gasteiger charge is 2.19. The number of aryl methyl sites for hydroxylation is 1. The van der Waals surface area contributed by atoms with Crippen LogP contribution in [0.1, 0.15) is 22.7 Å². The molecule has 0 atom stereocenters. The van der Waals surface area contributed by atoms with E-state index in [2.05, 4.69) is 15.0 Å².